The average Bonchev–Trinajstić information content (AvgIpc) is 2.89. The third kappa shape index (κ3) is 3.84. The van der Waals surface area contributed by atoms with E-state index in [1.807, 2.05) is 24.8 Å². The van der Waals surface area contributed by atoms with Gasteiger partial charge >= 0.3 is 5.97 Å². The Morgan fingerprint density at radius 3 is 2.82 bits per heavy atom. The summed E-state index contributed by atoms with van der Waals surface area (Å²) in [5.74, 6) is 0.429. The van der Waals surface area contributed by atoms with Crippen molar-refractivity contribution in [1.82, 2.24) is 4.90 Å². The number of ether oxygens (including phenoxy) is 2. The summed E-state index contributed by atoms with van der Waals surface area (Å²) in [5.41, 5.74) is 0.853. The van der Waals surface area contributed by atoms with Gasteiger partial charge in [-0.25, -0.2) is 0 Å². The number of carboxylic acids is 1. The minimum atomic E-state index is -0.780. The number of halogens is 1. The number of carboxylic acid groups (broad SMARTS) is 1. The maximum Gasteiger partial charge on any atom is 0.320 e. The first-order valence-electron chi connectivity index (χ1n) is 7.42. The largest absolute Gasteiger partial charge is 0.493 e. The first-order valence-corrected chi connectivity index (χ1v) is 7.80. The molecule has 1 heterocycles. The Balaban J connectivity index is 2.32. The van der Waals surface area contributed by atoms with Crippen LogP contribution in [0.15, 0.2) is 12.1 Å². The van der Waals surface area contributed by atoms with Gasteiger partial charge in [0.05, 0.1) is 13.2 Å². The fourth-order valence-corrected chi connectivity index (χ4v) is 3.01. The molecule has 1 atom stereocenters. The zero-order valence-electron chi connectivity index (χ0n) is 13.1. The Labute approximate surface area is 135 Å². The first-order chi connectivity index (χ1) is 10.4. The molecule has 0 aromatic heterocycles. The molecule has 2 rings (SSSR count). The number of nitrogens with zero attached hydrogens (tertiary/aromatic N) is 1. The van der Waals surface area contributed by atoms with Crippen molar-refractivity contribution in [2.45, 2.75) is 45.4 Å². The van der Waals surface area contributed by atoms with Gasteiger partial charge in [0.15, 0.2) is 11.5 Å². The average molecular weight is 328 g/mol. The van der Waals surface area contributed by atoms with E-state index in [1.165, 1.54) is 0 Å². The van der Waals surface area contributed by atoms with Gasteiger partial charge in [-0.2, -0.15) is 0 Å². The second-order valence-electron chi connectivity index (χ2n) is 5.73. The van der Waals surface area contributed by atoms with E-state index in [4.69, 9.17) is 21.1 Å². The molecular weight excluding hydrogens is 306 g/mol. The molecule has 0 aliphatic carbocycles. The molecule has 122 valence electrons. The number of rotatable bonds is 6. The topological polar surface area (TPSA) is 59.0 Å². The molecule has 0 amide bonds. The molecule has 0 spiro atoms. The molecule has 1 fully saturated rings. The van der Waals surface area contributed by atoms with E-state index in [-0.39, 0.29) is 6.10 Å². The van der Waals surface area contributed by atoms with E-state index in [0.29, 0.717) is 29.5 Å². The fourth-order valence-electron chi connectivity index (χ4n) is 2.78. The van der Waals surface area contributed by atoms with Crippen LogP contribution in [-0.2, 0) is 11.3 Å². The molecule has 0 radical (unpaired) electrons. The van der Waals surface area contributed by atoms with E-state index in [1.54, 1.807) is 13.2 Å². The Hall–Kier alpha value is -1.46. The van der Waals surface area contributed by atoms with Gasteiger partial charge in [0.25, 0.3) is 0 Å². The highest BCUT2D eigenvalue weighted by atomic mass is 35.5. The van der Waals surface area contributed by atoms with E-state index < -0.39 is 12.0 Å². The van der Waals surface area contributed by atoms with Crippen LogP contribution in [0.5, 0.6) is 11.5 Å². The molecule has 0 saturated carbocycles. The van der Waals surface area contributed by atoms with Crippen LogP contribution in [0.4, 0.5) is 0 Å². The van der Waals surface area contributed by atoms with Crippen LogP contribution >= 0.6 is 11.6 Å². The van der Waals surface area contributed by atoms with Crippen molar-refractivity contribution in [3.63, 3.8) is 0 Å². The van der Waals surface area contributed by atoms with Crippen LogP contribution in [0.25, 0.3) is 0 Å². The van der Waals surface area contributed by atoms with Gasteiger partial charge in [-0.05, 0) is 39.3 Å². The summed E-state index contributed by atoms with van der Waals surface area (Å²) in [6.45, 7) is 5.12. The van der Waals surface area contributed by atoms with Gasteiger partial charge in [0.2, 0.25) is 0 Å². The first kappa shape index (κ1) is 16.9. The normalized spacial score (nSPS) is 18.7. The zero-order valence-corrected chi connectivity index (χ0v) is 13.9. The van der Waals surface area contributed by atoms with Crippen LogP contribution in [-0.4, -0.2) is 41.8 Å². The summed E-state index contributed by atoms with van der Waals surface area (Å²) >= 11 is 6.15. The van der Waals surface area contributed by atoms with Gasteiger partial charge in [-0.3, -0.25) is 9.69 Å². The number of aliphatic carboxylic acids is 1. The Morgan fingerprint density at radius 2 is 2.23 bits per heavy atom. The van der Waals surface area contributed by atoms with Gasteiger partial charge in [-0.1, -0.05) is 11.6 Å². The predicted molar refractivity (Wildman–Crippen MR) is 84.8 cm³/mol. The Kier molecular flexibility index (Phi) is 5.53. The summed E-state index contributed by atoms with van der Waals surface area (Å²) in [7, 11) is 1.57. The summed E-state index contributed by atoms with van der Waals surface area (Å²) in [5, 5.41) is 9.86. The maximum atomic E-state index is 11.3. The highest BCUT2D eigenvalue weighted by Crippen LogP contribution is 2.37. The molecule has 1 aliphatic rings. The smallest absolute Gasteiger partial charge is 0.320 e. The van der Waals surface area contributed by atoms with E-state index >= 15 is 0 Å². The highest BCUT2D eigenvalue weighted by molar-refractivity contribution is 6.30. The summed E-state index contributed by atoms with van der Waals surface area (Å²) in [6, 6.07) is 3.08. The van der Waals surface area contributed by atoms with Crippen molar-refractivity contribution in [3.8, 4) is 11.5 Å². The molecule has 5 nitrogen and oxygen atoms in total. The van der Waals surface area contributed by atoms with Crippen molar-refractivity contribution in [2.75, 3.05) is 13.7 Å². The molecule has 1 saturated heterocycles. The lowest BCUT2D eigenvalue weighted by atomic mass is 10.1. The van der Waals surface area contributed by atoms with E-state index in [9.17, 15) is 9.90 Å². The van der Waals surface area contributed by atoms with Crippen molar-refractivity contribution in [2.24, 2.45) is 0 Å². The van der Waals surface area contributed by atoms with Crippen LogP contribution < -0.4 is 9.47 Å². The number of hydrogen-bond donors (Lipinski definition) is 1. The number of likely N-dealkylation sites (tertiary alicyclic amines) is 1. The quantitative estimate of drug-likeness (QED) is 0.869. The molecule has 6 heteroatoms. The lowest BCUT2D eigenvalue weighted by Gasteiger charge is -2.24. The van der Waals surface area contributed by atoms with Crippen LogP contribution in [0, 0.1) is 0 Å². The van der Waals surface area contributed by atoms with Crippen molar-refractivity contribution < 1.29 is 19.4 Å². The SMILES string of the molecule is COc1cc(Cl)cc(CN2CCC[C@H]2C(=O)O)c1OC(C)C. The lowest BCUT2D eigenvalue weighted by molar-refractivity contribution is -0.142. The summed E-state index contributed by atoms with van der Waals surface area (Å²) in [6.07, 6.45) is 1.55. The molecule has 1 aromatic rings. The number of carbonyl (C=O) groups is 1. The monoisotopic (exact) mass is 327 g/mol. The second kappa shape index (κ2) is 7.20. The van der Waals surface area contributed by atoms with E-state index in [2.05, 4.69) is 0 Å². The zero-order chi connectivity index (χ0) is 16.3. The molecule has 0 unspecified atom stereocenters. The molecule has 1 aliphatic heterocycles. The molecular formula is C16H22ClNO4. The van der Waals surface area contributed by atoms with Crippen molar-refractivity contribution in [3.05, 3.63) is 22.7 Å². The van der Waals surface area contributed by atoms with Gasteiger partial charge in [0.1, 0.15) is 6.04 Å². The summed E-state index contributed by atoms with van der Waals surface area (Å²) in [4.78, 5) is 13.3. The second-order valence-corrected chi connectivity index (χ2v) is 6.17. The maximum absolute atomic E-state index is 11.3. The standard InChI is InChI=1S/C16H22ClNO4/c1-10(2)22-15-11(7-12(17)8-14(15)21-3)9-18-6-4-5-13(18)16(19)20/h7-8,10,13H,4-6,9H2,1-3H3,(H,19,20)/t13-/m0/s1. The molecule has 1 aromatic carbocycles. The Bertz CT molecular complexity index is 547. The molecule has 1 N–H and O–H groups in total. The van der Waals surface area contributed by atoms with Gasteiger partial charge in [-0.15, -0.1) is 0 Å². The predicted octanol–water partition coefficient (Wildman–Crippen LogP) is 3.18. The van der Waals surface area contributed by atoms with Crippen molar-refractivity contribution >= 4 is 17.6 Å². The Morgan fingerprint density at radius 1 is 1.50 bits per heavy atom. The molecule has 22 heavy (non-hydrogen) atoms. The minimum Gasteiger partial charge on any atom is -0.493 e. The number of methoxy groups -OCH3 is 1. The third-order valence-corrected chi connectivity index (χ3v) is 3.91. The van der Waals surface area contributed by atoms with Crippen molar-refractivity contribution in [1.29, 1.82) is 0 Å². The highest BCUT2D eigenvalue weighted by Gasteiger charge is 2.31. The van der Waals surface area contributed by atoms with Gasteiger partial charge < -0.3 is 14.6 Å². The minimum absolute atomic E-state index is 0.0114. The number of benzene rings is 1. The van der Waals surface area contributed by atoms with Crippen LogP contribution in [0.3, 0.4) is 0 Å². The lowest BCUT2D eigenvalue weighted by Crippen LogP contribution is -2.35. The molecule has 0 bridgehead atoms. The van der Waals surface area contributed by atoms with Gasteiger partial charge in [0, 0.05) is 23.2 Å². The summed E-state index contributed by atoms with van der Waals surface area (Å²) < 4.78 is 11.2. The third-order valence-electron chi connectivity index (χ3n) is 3.69. The fraction of sp³-hybridized carbons (Fsp3) is 0.562. The van der Waals surface area contributed by atoms with Crippen LogP contribution in [0.2, 0.25) is 5.02 Å². The number of hydrogen-bond acceptors (Lipinski definition) is 4. The van der Waals surface area contributed by atoms with Crippen LogP contribution in [0.1, 0.15) is 32.3 Å². The van der Waals surface area contributed by atoms with E-state index in [0.717, 1.165) is 18.5 Å².